The first kappa shape index (κ1) is 13.9. The van der Waals surface area contributed by atoms with Gasteiger partial charge < -0.3 is 10.6 Å². The molecule has 1 saturated heterocycles. The molecule has 1 aromatic rings. The molecule has 1 aliphatic heterocycles. The fourth-order valence-corrected chi connectivity index (χ4v) is 2.67. The summed E-state index contributed by atoms with van der Waals surface area (Å²) in [5.41, 5.74) is 7.78. The molecule has 1 amide bonds. The molecule has 3 N–H and O–H groups in total. The van der Waals surface area contributed by atoms with Crippen LogP contribution in [-0.2, 0) is 0 Å². The minimum atomic E-state index is -0.0419. The highest BCUT2D eigenvalue weighted by molar-refractivity contribution is 5.98. The zero-order valence-electron chi connectivity index (χ0n) is 12.2. The summed E-state index contributed by atoms with van der Waals surface area (Å²) in [5, 5.41) is 7.03. The Hall–Kier alpha value is -1.52. The van der Waals surface area contributed by atoms with E-state index in [0.29, 0.717) is 17.3 Å². The van der Waals surface area contributed by atoms with Crippen molar-refractivity contribution >= 4 is 11.6 Å². The second-order valence-electron chi connectivity index (χ2n) is 6.04. The minimum Gasteiger partial charge on any atom is -0.395 e. The van der Waals surface area contributed by atoms with Crippen LogP contribution in [0.1, 0.15) is 62.6 Å². The van der Waals surface area contributed by atoms with Crippen molar-refractivity contribution in [2.24, 2.45) is 5.92 Å². The molecule has 2 rings (SSSR count). The largest absolute Gasteiger partial charge is 0.395 e. The molecule has 0 radical (unpaired) electrons. The molecule has 5 heteroatoms. The van der Waals surface area contributed by atoms with Crippen molar-refractivity contribution in [3.05, 3.63) is 11.4 Å². The molecule has 19 heavy (non-hydrogen) atoms. The SMILES string of the molecule is CC1CCC(C)N(C(=O)c2n[nH]c(C(C)C)c2N)C1. The summed E-state index contributed by atoms with van der Waals surface area (Å²) < 4.78 is 0. The predicted octanol–water partition coefficient (Wildman–Crippen LogP) is 2.38. The zero-order valence-corrected chi connectivity index (χ0v) is 12.2. The number of nitrogens with two attached hydrogens (primary N) is 1. The number of hydrogen-bond donors (Lipinski definition) is 2. The summed E-state index contributed by atoms with van der Waals surface area (Å²) in [6.45, 7) is 9.13. The Morgan fingerprint density at radius 2 is 2.11 bits per heavy atom. The quantitative estimate of drug-likeness (QED) is 0.861. The fraction of sp³-hybridized carbons (Fsp3) is 0.714. The molecule has 2 heterocycles. The average Bonchev–Trinajstić information content (AvgIpc) is 2.73. The van der Waals surface area contributed by atoms with Crippen molar-refractivity contribution in [2.45, 2.75) is 52.5 Å². The van der Waals surface area contributed by atoms with Gasteiger partial charge >= 0.3 is 0 Å². The van der Waals surface area contributed by atoms with Crippen molar-refractivity contribution in [1.29, 1.82) is 0 Å². The summed E-state index contributed by atoms with van der Waals surface area (Å²) in [6.07, 6.45) is 2.23. The van der Waals surface area contributed by atoms with Crippen molar-refractivity contribution in [3.8, 4) is 0 Å². The molecule has 2 unspecified atom stereocenters. The maximum absolute atomic E-state index is 12.6. The van der Waals surface area contributed by atoms with Crippen molar-refractivity contribution in [3.63, 3.8) is 0 Å². The van der Waals surface area contributed by atoms with Crippen LogP contribution in [0.4, 0.5) is 5.69 Å². The van der Waals surface area contributed by atoms with Gasteiger partial charge in [-0.2, -0.15) is 5.10 Å². The predicted molar refractivity (Wildman–Crippen MR) is 76.0 cm³/mol. The van der Waals surface area contributed by atoms with Gasteiger partial charge in [0, 0.05) is 12.6 Å². The number of nitrogens with zero attached hydrogens (tertiary/aromatic N) is 2. The van der Waals surface area contributed by atoms with Gasteiger partial charge in [-0.1, -0.05) is 20.8 Å². The summed E-state index contributed by atoms with van der Waals surface area (Å²) >= 11 is 0. The number of amides is 1. The molecule has 2 atom stereocenters. The van der Waals surface area contributed by atoms with Gasteiger partial charge in [0.15, 0.2) is 5.69 Å². The number of hydrogen-bond acceptors (Lipinski definition) is 3. The zero-order chi connectivity index (χ0) is 14.2. The molecule has 5 nitrogen and oxygen atoms in total. The molecule has 0 saturated carbocycles. The van der Waals surface area contributed by atoms with E-state index in [2.05, 4.69) is 24.0 Å². The first-order valence-electron chi connectivity index (χ1n) is 7.06. The van der Waals surface area contributed by atoms with Crippen LogP contribution in [0.25, 0.3) is 0 Å². The van der Waals surface area contributed by atoms with Crippen LogP contribution in [-0.4, -0.2) is 33.6 Å². The second kappa shape index (κ2) is 5.23. The summed E-state index contributed by atoms with van der Waals surface area (Å²) in [4.78, 5) is 14.5. The maximum atomic E-state index is 12.6. The molecular weight excluding hydrogens is 240 g/mol. The van der Waals surface area contributed by atoms with Crippen molar-refractivity contribution in [2.75, 3.05) is 12.3 Å². The van der Waals surface area contributed by atoms with E-state index in [0.717, 1.165) is 18.7 Å². The van der Waals surface area contributed by atoms with Crippen LogP contribution < -0.4 is 5.73 Å². The van der Waals surface area contributed by atoms with Crippen LogP contribution in [0.2, 0.25) is 0 Å². The minimum absolute atomic E-state index is 0.0419. The Balaban J connectivity index is 2.24. The number of H-pyrrole nitrogens is 1. The Labute approximate surface area is 114 Å². The van der Waals surface area contributed by atoms with E-state index < -0.39 is 0 Å². The van der Waals surface area contributed by atoms with Crippen molar-refractivity contribution in [1.82, 2.24) is 15.1 Å². The van der Waals surface area contributed by atoms with Crippen molar-refractivity contribution < 1.29 is 4.79 Å². The third-order valence-corrected chi connectivity index (χ3v) is 3.99. The van der Waals surface area contributed by atoms with Crippen LogP contribution in [0.5, 0.6) is 0 Å². The number of rotatable bonds is 2. The third kappa shape index (κ3) is 2.60. The summed E-state index contributed by atoms with van der Waals surface area (Å²) in [5.74, 6) is 0.747. The Morgan fingerprint density at radius 1 is 1.42 bits per heavy atom. The molecule has 1 aromatic heterocycles. The first-order valence-corrected chi connectivity index (χ1v) is 7.06. The maximum Gasteiger partial charge on any atom is 0.276 e. The Morgan fingerprint density at radius 3 is 2.68 bits per heavy atom. The molecule has 0 bridgehead atoms. The molecule has 106 valence electrons. The third-order valence-electron chi connectivity index (χ3n) is 3.99. The van der Waals surface area contributed by atoms with Gasteiger partial charge in [-0.05, 0) is 31.6 Å². The number of carbonyl (C=O) groups excluding carboxylic acids is 1. The molecule has 1 aliphatic rings. The molecule has 0 spiro atoms. The first-order chi connectivity index (χ1) is 8.91. The molecule has 0 aromatic carbocycles. The summed E-state index contributed by atoms with van der Waals surface area (Å²) in [7, 11) is 0. The van der Waals surface area contributed by atoms with E-state index in [1.807, 2.05) is 18.7 Å². The number of anilines is 1. The van der Waals surface area contributed by atoms with Crippen LogP contribution in [0.3, 0.4) is 0 Å². The highest BCUT2D eigenvalue weighted by atomic mass is 16.2. The van der Waals surface area contributed by atoms with Gasteiger partial charge in [0.1, 0.15) is 0 Å². The highest BCUT2D eigenvalue weighted by Gasteiger charge is 2.30. The standard InChI is InChI=1S/C14H24N4O/c1-8(2)12-11(15)13(17-16-12)14(19)18-7-9(3)5-6-10(18)4/h8-10H,5-7,15H2,1-4H3,(H,16,17). The second-order valence-corrected chi connectivity index (χ2v) is 6.04. The van der Waals surface area contributed by atoms with Gasteiger partial charge in [0.05, 0.1) is 11.4 Å². The number of nitrogens with one attached hydrogen (secondary N) is 1. The topological polar surface area (TPSA) is 75.0 Å². The van der Waals surface area contributed by atoms with Crippen LogP contribution in [0, 0.1) is 5.92 Å². The lowest BCUT2D eigenvalue weighted by atomic mass is 9.94. The van der Waals surface area contributed by atoms with E-state index in [-0.39, 0.29) is 17.9 Å². The number of carbonyl (C=O) groups is 1. The lowest BCUT2D eigenvalue weighted by Crippen LogP contribution is -2.45. The smallest absolute Gasteiger partial charge is 0.276 e. The number of aromatic amines is 1. The normalized spacial score (nSPS) is 23.9. The number of aromatic nitrogens is 2. The number of piperidine rings is 1. The molecule has 0 aliphatic carbocycles. The average molecular weight is 264 g/mol. The lowest BCUT2D eigenvalue weighted by Gasteiger charge is -2.36. The van der Waals surface area contributed by atoms with Crippen LogP contribution in [0.15, 0.2) is 0 Å². The monoisotopic (exact) mass is 264 g/mol. The summed E-state index contributed by atoms with van der Waals surface area (Å²) in [6, 6.07) is 0.266. The van der Waals surface area contributed by atoms with Gasteiger partial charge in [0.2, 0.25) is 0 Å². The highest BCUT2D eigenvalue weighted by Crippen LogP contribution is 2.27. The van der Waals surface area contributed by atoms with E-state index >= 15 is 0 Å². The van der Waals surface area contributed by atoms with E-state index in [1.165, 1.54) is 6.42 Å². The van der Waals surface area contributed by atoms with Crippen LogP contribution >= 0.6 is 0 Å². The van der Waals surface area contributed by atoms with Gasteiger partial charge in [-0.3, -0.25) is 9.89 Å². The van der Waals surface area contributed by atoms with Gasteiger partial charge in [0.25, 0.3) is 5.91 Å². The van der Waals surface area contributed by atoms with Gasteiger partial charge in [-0.25, -0.2) is 0 Å². The molecule has 1 fully saturated rings. The number of nitrogen functional groups attached to an aromatic ring is 1. The fourth-order valence-electron chi connectivity index (χ4n) is 2.67. The Bertz CT molecular complexity index is 466. The van der Waals surface area contributed by atoms with E-state index in [4.69, 9.17) is 5.73 Å². The van der Waals surface area contributed by atoms with Gasteiger partial charge in [-0.15, -0.1) is 0 Å². The lowest BCUT2D eigenvalue weighted by molar-refractivity contribution is 0.0569. The number of likely N-dealkylation sites (tertiary alicyclic amines) is 1. The van der Waals surface area contributed by atoms with E-state index in [9.17, 15) is 4.79 Å². The Kier molecular flexibility index (Phi) is 3.83. The van der Waals surface area contributed by atoms with E-state index in [1.54, 1.807) is 0 Å². The molecular formula is C14H24N4O.